The Morgan fingerprint density at radius 1 is 0.517 bits per heavy atom. The van der Waals surface area contributed by atoms with Gasteiger partial charge in [-0.2, -0.15) is 0 Å². The number of hydrogen-bond acceptors (Lipinski definition) is 6. The average Bonchev–Trinajstić information content (AvgIpc) is 3.17. The third-order valence-electron chi connectivity index (χ3n) is 5.05. The zero-order valence-electron chi connectivity index (χ0n) is 14.9. The van der Waals surface area contributed by atoms with E-state index >= 15 is 0 Å². The van der Waals surface area contributed by atoms with E-state index in [1.807, 2.05) is 24.3 Å². The van der Waals surface area contributed by atoms with Crippen LogP contribution in [0.4, 0.5) is 22.7 Å². The zero-order chi connectivity index (χ0) is 20.1. The topological polar surface area (TPSA) is 128 Å². The fourth-order valence-corrected chi connectivity index (χ4v) is 3.56. The first-order valence-corrected chi connectivity index (χ1v) is 8.89. The minimum atomic E-state index is -0.628. The van der Waals surface area contributed by atoms with Gasteiger partial charge in [0.15, 0.2) is 0 Å². The average molecular weight is 396 g/mol. The van der Waals surface area contributed by atoms with Gasteiger partial charge in [-0.15, -0.1) is 20.9 Å². The van der Waals surface area contributed by atoms with Gasteiger partial charge in [-0.05, 0) is 34.7 Å². The van der Waals surface area contributed by atoms with Crippen molar-refractivity contribution in [3.8, 4) is 11.1 Å². The van der Waals surface area contributed by atoms with Gasteiger partial charge in [0.1, 0.15) is 0 Å². The predicted octanol–water partition coefficient (Wildman–Crippen LogP) is -1.28. The lowest BCUT2D eigenvalue weighted by Crippen LogP contribution is -3.15. The summed E-state index contributed by atoms with van der Waals surface area (Å²) in [5, 5.41) is 44.1. The minimum absolute atomic E-state index is 0.274. The van der Waals surface area contributed by atoms with Gasteiger partial charge in [-0.25, -0.2) is 0 Å². The lowest BCUT2D eigenvalue weighted by atomic mass is 9.99. The Hall–Kier alpha value is -2.74. The van der Waals surface area contributed by atoms with E-state index in [1.165, 1.54) is 0 Å². The molecule has 0 radical (unpaired) electrons. The highest BCUT2D eigenvalue weighted by atomic mass is 17.1. The molecule has 2 aliphatic heterocycles. The van der Waals surface area contributed by atoms with Gasteiger partial charge in [0, 0.05) is 34.1 Å². The molecule has 2 aliphatic rings. The summed E-state index contributed by atoms with van der Waals surface area (Å²) in [7, 11) is 0. The van der Waals surface area contributed by atoms with Gasteiger partial charge >= 0.3 is 0 Å². The van der Waals surface area contributed by atoms with E-state index < -0.39 is 20.9 Å². The highest BCUT2D eigenvalue weighted by molar-refractivity contribution is 5.70. The Morgan fingerprint density at radius 3 is 1.66 bits per heavy atom. The van der Waals surface area contributed by atoms with Gasteiger partial charge in [-0.3, -0.25) is 0 Å². The quantitative estimate of drug-likeness (QED) is 0.409. The second kappa shape index (κ2) is 6.95. The number of rotatable bonds is 3. The lowest BCUT2D eigenvalue weighted by molar-refractivity contribution is -1.24. The first-order chi connectivity index (χ1) is 14.0. The SMILES string of the molecule is [O-][NH+]1O[NH+]([O-])c2cc(Cc3ccc(-c4ccc5c(c4)[NH+]([O-])O[NH+]5[O-])cc3)ccc21. The summed E-state index contributed by atoms with van der Waals surface area (Å²) < 4.78 is 0. The molecule has 0 bridgehead atoms. The monoisotopic (exact) mass is 396 g/mol. The molecule has 0 aliphatic carbocycles. The smallest absolute Gasteiger partial charge is 0.234 e. The molecule has 4 unspecified atom stereocenters. The molecular weight excluding hydrogens is 380 g/mol. The van der Waals surface area contributed by atoms with Gasteiger partial charge in [-0.1, -0.05) is 30.3 Å². The van der Waals surface area contributed by atoms with E-state index in [0.717, 1.165) is 22.3 Å². The van der Waals surface area contributed by atoms with E-state index in [-0.39, 0.29) is 11.4 Å². The van der Waals surface area contributed by atoms with Crippen LogP contribution in [0.15, 0.2) is 60.7 Å². The number of hydrogen-bond donors (Lipinski definition) is 4. The standard InChI is InChI=1S/C19H16N4O6/c24-20-16-7-3-13(10-18(16)22(26)28-20)9-12-1-4-14(5-2-12)15-6-8-17-19(11-15)23(27)29-21(17)25/h1-8,10-11,20-23H,9H2. The van der Waals surface area contributed by atoms with E-state index in [2.05, 4.69) is 9.88 Å². The van der Waals surface area contributed by atoms with Crippen LogP contribution in [0.5, 0.6) is 0 Å². The highest BCUT2D eigenvalue weighted by Crippen LogP contribution is 2.27. The van der Waals surface area contributed by atoms with Crippen molar-refractivity contribution in [2.45, 2.75) is 6.42 Å². The third-order valence-corrected chi connectivity index (χ3v) is 5.05. The molecule has 29 heavy (non-hydrogen) atoms. The summed E-state index contributed by atoms with van der Waals surface area (Å²) >= 11 is 0. The van der Waals surface area contributed by atoms with Crippen LogP contribution in [0, 0.1) is 20.8 Å². The van der Waals surface area contributed by atoms with Crippen molar-refractivity contribution in [2.75, 3.05) is 0 Å². The van der Waals surface area contributed by atoms with E-state index in [1.54, 1.807) is 36.4 Å². The number of quaternary nitrogens is 4. The van der Waals surface area contributed by atoms with Crippen LogP contribution in [0.25, 0.3) is 11.1 Å². The fourth-order valence-electron chi connectivity index (χ4n) is 3.56. The second-order valence-corrected chi connectivity index (χ2v) is 6.87. The van der Waals surface area contributed by atoms with Crippen molar-refractivity contribution >= 4 is 22.7 Å². The summed E-state index contributed by atoms with van der Waals surface area (Å²) in [6.07, 6.45) is 0.583. The molecule has 3 aromatic carbocycles. The fraction of sp³-hybridized carbons (Fsp3) is 0.0526. The molecule has 4 N–H and O–H groups in total. The highest BCUT2D eigenvalue weighted by Gasteiger charge is 2.30. The normalized spacial score (nSPS) is 25.1. The molecule has 5 rings (SSSR count). The molecule has 0 saturated carbocycles. The van der Waals surface area contributed by atoms with Crippen LogP contribution in [-0.2, 0) is 16.3 Å². The summed E-state index contributed by atoms with van der Waals surface area (Å²) in [6, 6.07) is 17.8. The number of fused-ring (bicyclic) bond motifs is 2. The Labute approximate surface area is 164 Å². The summed E-state index contributed by atoms with van der Waals surface area (Å²) in [6.45, 7) is 0. The molecule has 148 valence electrons. The molecule has 0 amide bonds. The third kappa shape index (κ3) is 3.21. The van der Waals surface area contributed by atoms with Crippen LogP contribution in [0.3, 0.4) is 0 Å². The Morgan fingerprint density at radius 2 is 1.00 bits per heavy atom. The number of nitrogens with one attached hydrogen (secondary N) is 4. The molecule has 2 heterocycles. The minimum Gasteiger partial charge on any atom is -0.590 e. The Bertz CT molecular complexity index is 1080. The predicted molar refractivity (Wildman–Crippen MR) is 99.3 cm³/mol. The summed E-state index contributed by atoms with van der Waals surface area (Å²) in [4.78, 5) is 9.24. The van der Waals surface area contributed by atoms with Crippen LogP contribution in [0.1, 0.15) is 11.1 Å². The van der Waals surface area contributed by atoms with Crippen LogP contribution in [0.2, 0.25) is 0 Å². The van der Waals surface area contributed by atoms with Crippen LogP contribution in [-0.4, -0.2) is 0 Å². The molecule has 10 heteroatoms. The second-order valence-electron chi connectivity index (χ2n) is 6.87. The van der Waals surface area contributed by atoms with Crippen molar-refractivity contribution < 1.29 is 30.8 Å². The molecular formula is C19H16N4O6. The molecule has 4 atom stereocenters. The molecule has 3 aromatic rings. The van der Waals surface area contributed by atoms with E-state index in [4.69, 9.17) is 0 Å². The van der Waals surface area contributed by atoms with Crippen molar-refractivity contribution in [2.24, 2.45) is 0 Å². The molecule has 0 aromatic heterocycles. The zero-order valence-corrected chi connectivity index (χ0v) is 14.9. The maximum atomic E-state index is 11.7. The van der Waals surface area contributed by atoms with Crippen molar-refractivity contribution in [3.05, 3.63) is 92.6 Å². The molecule has 10 nitrogen and oxygen atoms in total. The van der Waals surface area contributed by atoms with Gasteiger partial charge in [0.05, 0.1) is 0 Å². The van der Waals surface area contributed by atoms with E-state index in [9.17, 15) is 20.8 Å². The van der Waals surface area contributed by atoms with Crippen LogP contribution >= 0.6 is 0 Å². The van der Waals surface area contributed by atoms with Crippen molar-refractivity contribution in [1.29, 1.82) is 0 Å². The van der Waals surface area contributed by atoms with Gasteiger partial charge in [0.2, 0.25) is 22.7 Å². The Balaban J connectivity index is 1.37. The van der Waals surface area contributed by atoms with Crippen molar-refractivity contribution in [1.82, 2.24) is 0 Å². The maximum Gasteiger partial charge on any atom is 0.234 e. The van der Waals surface area contributed by atoms with Gasteiger partial charge < -0.3 is 20.8 Å². The van der Waals surface area contributed by atoms with Crippen molar-refractivity contribution in [3.63, 3.8) is 0 Å². The molecule has 0 fully saturated rings. The lowest BCUT2D eigenvalue weighted by Gasteiger charge is -2.10. The van der Waals surface area contributed by atoms with Crippen LogP contribution < -0.4 is 20.9 Å². The first kappa shape index (κ1) is 18.3. The van der Waals surface area contributed by atoms with Gasteiger partial charge in [0.25, 0.3) is 0 Å². The number of benzene rings is 3. The summed E-state index contributed by atoms with van der Waals surface area (Å²) in [5.74, 6) is 0. The summed E-state index contributed by atoms with van der Waals surface area (Å²) in [5.41, 5.74) is 4.75. The van der Waals surface area contributed by atoms with E-state index in [0.29, 0.717) is 17.8 Å². The molecule has 0 saturated heterocycles. The Kier molecular flexibility index (Phi) is 4.38. The maximum absolute atomic E-state index is 11.7. The first-order valence-electron chi connectivity index (χ1n) is 8.89. The largest absolute Gasteiger partial charge is 0.590 e. The molecule has 0 spiro atoms.